The van der Waals surface area contributed by atoms with Gasteiger partial charge in [0, 0.05) is 12.5 Å². The molecule has 1 atom stereocenters. The Morgan fingerprint density at radius 2 is 2.24 bits per heavy atom. The van der Waals surface area contributed by atoms with E-state index in [0.29, 0.717) is 13.0 Å². The number of nitrogens with two attached hydrogens (primary N) is 1. The number of carbonyl (C=O) groups excluding carboxylic acids is 1. The topological polar surface area (TPSA) is 55.1 Å². The molecule has 0 spiro atoms. The Morgan fingerprint density at radius 3 is 2.71 bits per heavy atom. The Kier molecular flexibility index (Phi) is 6.34. The van der Waals surface area contributed by atoms with Crippen LogP contribution in [0.1, 0.15) is 46.0 Å². The SMILES string of the molecule is CCSCCC(C)NC(=O)CC1(CN)CCC1. The zero-order chi connectivity index (χ0) is 12.7. The molecule has 17 heavy (non-hydrogen) atoms. The summed E-state index contributed by atoms with van der Waals surface area (Å²) in [5.74, 6) is 2.46. The number of amides is 1. The van der Waals surface area contributed by atoms with Gasteiger partial charge in [0.05, 0.1) is 0 Å². The molecule has 4 heteroatoms. The lowest BCUT2D eigenvalue weighted by molar-refractivity contribution is -0.125. The van der Waals surface area contributed by atoms with Gasteiger partial charge in [-0.2, -0.15) is 11.8 Å². The van der Waals surface area contributed by atoms with Crippen molar-refractivity contribution in [2.45, 2.75) is 52.0 Å². The highest BCUT2D eigenvalue weighted by Crippen LogP contribution is 2.42. The van der Waals surface area contributed by atoms with Crippen molar-refractivity contribution in [1.82, 2.24) is 5.32 Å². The second-order valence-corrected chi connectivity index (χ2v) is 6.58. The minimum absolute atomic E-state index is 0.127. The summed E-state index contributed by atoms with van der Waals surface area (Å²) in [5.41, 5.74) is 5.89. The highest BCUT2D eigenvalue weighted by atomic mass is 32.2. The van der Waals surface area contributed by atoms with Crippen molar-refractivity contribution in [2.24, 2.45) is 11.1 Å². The lowest BCUT2D eigenvalue weighted by Crippen LogP contribution is -2.43. The first kappa shape index (κ1) is 14.8. The number of nitrogens with one attached hydrogen (secondary N) is 1. The van der Waals surface area contributed by atoms with Crippen LogP contribution >= 0.6 is 11.8 Å². The van der Waals surface area contributed by atoms with Crippen molar-refractivity contribution in [3.05, 3.63) is 0 Å². The van der Waals surface area contributed by atoms with Gasteiger partial charge in [0.2, 0.25) is 5.91 Å². The van der Waals surface area contributed by atoms with Crippen molar-refractivity contribution in [3.8, 4) is 0 Å². The van der Waals surface area contributed by atoms with E-state index in [0.717, 1.165) is 30.8 Å². The summed E-state index contributed by atoms with van der Waals surface area (Å²) >= 11 is 1.93. The summed E-state index contributed by atoms with van der Waals surface area (Å²) < 4.78 is 0. The van der Waals surface area contributed by atoms with Crippen LogP contribution in [0.15, 0.2) is 0 Å². The Labute approximate surface area is 109 Å². The lowest BCUT2D eigenvalue weighted by atomic mass is 9.66. The highest BCUT2D eigenvalue weighted by Gasteiger charge is 2.37. The Balaban J connectivity index is 2.19. The van der Waals surface area contributed by atoms with Crippen LogP contribution in [-0.2, 0) is 4.79 Å². The fourth-order valence-corrected chi connectivity index (χ4v) is 3.08. The maximum Gasteiger partial charge on any atom is 0.220 e. The van der Waals surface area contributed by atoms with Gasteiger partial charge in [-0.1, -0.05) is 13.3 Å². The molecular formula is C13H26N2OS. The third-order valence-corrected chi connectivity index (χ3v) is 4.62. The molecule has 1 unspecified atom stereocenters. The van der Waals surface area contributed by atoms with E-state index in [2.05, 4.69) is 19.2 Å². The first-order chi connectivity index (χ1) is 8.12. The molecule has 0 aromatic rings. The van der Waals surface area contributed by atoms with Gasteiger partial charge < -0.3 is 11.1 Å². The summed E-state index contributed by atoms with van der Waals surface area (Å²) in [7, 11) is 0. The third-order valence-electron chi connectivity index (χ3n) is 3.69. The van der Waals surface area contributed by atoms with Crippen LogP contribution < -0.4 is 11.1 Å². The van der Waals surface area contributed by atoms with Crippen molar-refractivity contribution >= 4 is 17.7 Å². The molecule has 0 saturated heterocycles. The van der Waals surface area contributed by atoms with Crippen molar-refractivity contribution in [3.63, 3.8) is 0 Å². The van der Waals surface area contributed by atoms with Gasteiger partial charge in [-0.3, -0.25) is 4.79 Å². The van der Waals surface area contributed by atoms with Gasteiger partial charge in [-0.15, -0.1) is 0 Å². The number of carbonyl (C=O) groups is 1. The summed E-state index contributed by atoms with van der Waals surface area (Å²) in [6.07, 6.45) is 5.15. The molecule has 1 rings (SSSR count). The average Bonchev–Trinajstić information content (AvgIpc) is 2.24. The van der Waals surface area contributed by atoms with Crippen LogP contribution in [0.25, 0.3) is 0 Å². The van der Waals surface area contributed by atoms with E-state index in [-0.39, 0.29) is 17.4 Å². The fourth-order valence-electron chi connectivity index (χ4n) is 2.27. The van der Waals surface area contributed by atoms with Crippen LogP contribution in [-0.4, -0.2) is 30.0 Å². The minimum Gasteiger partial charge on any atom is -0.354 e. The minimum atomic E-state index is 0.127. The van der Waals surface area contributed by atoms with E-state index in [9.17, 15) is 4.79 Å². The Morgan fingerprint density at radius 1 is 1.53 bits per heavy atom. The zero-order valence-electron chi connectivity index (χ0n) is 11.1. The number of rotatable bonds is 8. The second-order valence-electron chi connectivity index (χ2n) is 5.19. The molecule has 1 saturated carbocycles. The molecule has 0 radical (unpaired) electrons. The molecule has 1 amide bonds. The summed E-state index contributed by atoms with van der Waals surface area (Å²) in [5, 5.41) is 3.09. The largest absolute Gasteiger partial charge is 0.354 e. The molecule has 3 nitrogen and oxygen atoms in total. The molecule has 1 aliphatic rings. The molecule has 1 fully saturated rings. The van der Waals surface area contributed by atoms with E-state index in [1.54, 1.807) is 0 Å². The predicted octanol–water partition coefficient (Wildman–Crippen LogP) is 2.15. The Hall–Kier alpha value is -0.220. The maximum atomic E-state index is 11.9. The predicted molar refractivity (Wildman–Crippen MR) is 75.2 cm³/mol. The van der Waals surface area contributed by atoms with E-state index in [1.165, 1.54) is 6.42 Å². The molecule has 1 aliphatic carbocycles. The monoisotopic (exact) mass is 258 g/mol. The van der Waals surface area contributed by atoms with Gasteiger partial charge in [-0.25, -0.2) is 0 Å². The molecule has 0 bridgehead atoms. The summed E-state index contributed by atoms with van der Waals surface area (Å²) in [6.45, 7) is 4.90. The van der Waals surface area contributed by atoms with Crippen molar-refractivity contribution in [1.29, 1.82) is 0 Å². The molecule has 0 heterocycles. The zero-order valence-corrected chi connectivity index (χ0v) is 11.9. The number of thioether (sulfide) groups is 1. The smallest absolute Gasteiger partial charge is 0.220 e. The lowest BCUT2D eigenvalue weighted by Gasteiger charge is -2.40. The van der Waals surface area contributed by atoms with Gasteiger partial charge in [0.25, 0.3) is 0 Å². The molecule has 0 aromatic carbocycles. The quantitative estimate of drug-likeness (QED) is 0.656. The van der Waals surface area contributed by atoms with Gasteiger partial charge in [0.15, 0.2) is 0 Å². The maximum absolute atomic E-state index is 11.9. The Bertz CT molecular complexity index is 236. The van der Waals surface area contributed by atoms with E-state index < -0.39 is 0 Å². The third kappa shape index (κ3) is 4.88. The number of hydrogen-bond acceptors (Lipinski definition) is 3. The van der Waals surface area contributed by atoms with E-state index in [4.69, 9.17) is 5.73 Å². The molecular weight excluding hydrogens is 232 g/mol. The fraction of sp³-hybridized carbons (Fsp3) is 0.923. The van der Waals surface area contributed by atoms with Gasteiger partial charge in [-0.05, 0) is 49.7 Å². The van der Waals surface area contributed by atoms with Gasteiger partial charge >= 0.3 is 0 Å². The summed E-state index contributed by atoms with van der Waals surface area (Å²) in [6, 6.07) is 0.288. The first-order valence-electron chi connectivity index (χ1n) is 6.69. The molecule has 0 aliphatic heterocycles. The van der Waals surface area contributed by atoms with Crippen LogP contribution in [0.3, 0.4) is 0 Å². The van der Waals surface area contributed by atoms with E-state index >= 15 is 0 Å². The van der Waals surface area contributed by atoms with Crippen LogP contribution in [0.2, 0.25) is 0 Å². The second kappa shape index (κ2) is 7.27. The number of hydrogen-bond donors (Lipinski definition) is 2. The standard InChI is InChI=1S/C13H26N2OS/c1-3-17-8-5-11(2)15-12(16)9-13(10-14)6-4-7-13/h11H,3-10,14H2,1-2H3,(H,15,16). The molecule has 3 N–H and O–H groups in total. The van der Waals surface area contributed by atoms with Crippen LogP contribution in [0.5, 0.6) is 0 Å². The van der Waals surface area contributed by atoms with Crippen molar-refractivity contribution in [2.75, 3.05) is 18.1 Å². The van der Waals surface area contributed by atoms with Gasteiger partial charge in [0.1, 0.15) is 0 Å². The highest BCUT2D eigenvalue weighted by molar-refractivity contribution is 7.99. The normalized spacial score (nSPS) is 19.5. The summed E-state index contributed by atoms with van der Waals surface area (Å²) in [4.78, 5) is 11.9. The van der Waals surface area contributed by atoms with Crippen LogP contribution in [0, 0.1) is 5.41 Å². The molecule has 0 aromatic heterocycles. The molecule has 100 valence electrons. The average molecular weight is 258 g/mol. The van der Waals surface area contributed by atoms with Crippen molar-refractivity contribution < 1.29 is 4.79 Å². The van der Waals surface area contributed by atoms with Crippen LogP contribution in [0.4, 0.5) is 0 Å². The van der Waals surface area contributed by atoms with E-state index in [1.807, 2.05) is 11.8 Å². The first-order valence-corrected chi connectivity index (χ1v) is 7.84.